The first-order valence-corrected chi connectivity index (χ1v) is 5.63. The zero-order valence-electron chi connectivity index (χ0n) is 6.25. The van der Waals surface area contributed by atoms with Gasteiger partial charge in [0.1, 0.15) is 5.84 Å². The Kier molecular flexibility index (Phi) is 2.53. The molecule has 0 unspecified atom stereocenters. The van der Waals surface area contributed by atoms with E-state index in [1.807, 2.05) is 12.1 Å². The molecule has 2 rings (SSSR count). The van der Waals surface area contributed by atoms with Gasteiger partial charge >= 0.3 is 0 Å². The van der Waals surface area contributed by atoms with Crippen molar-refractivity contribution in [2.75, 3.05) is 0 Å². The van der Waals surface area contributed by atoms with Gasteiger partial charge in [0.25, 0.3) is 0 Å². The summed E-state index contributed by atoms with van der Waals surface area (Å²) in [6.07, 6.45) is 0. The van der Waals surface area contributed by atoms with Gasteiger partial charge in [0.15, 0.2) is 5.75 Å². The van der Waals surface area contributed by atoms with Crippen molar-refractivity contribution in [2.24, 2.45) is 10.1 Å². The minimum Gasteiger partial charge on any atom is -0.403 e. The van der Waals surface area contributed by atoms with Crippen LogP contribution in [0.2, 0.25) is 0 Å². The summed E-state index contributed by atoms with van der Waals surface area (Å²) in [5, 5.41) is 0. The molecule has 2 N–H and O–H groups in total. The molecule has 1 aliphatic heterocycles. The minimum absolute atomic E-state index is 0.477. The Hall–Kier alpha value is -0.200. The molecule has 68 valence electrons. The number of nitrogens with two attached hydrogens (primary N) is 1. The number of fused-ring (bicyclic) bond motifs is 1. The molecule has 1 aliphatic rings. The lowest BCUT2D eigenvalue weighted by molar-refractivity contribution is 0.640. The maximum absolute atomic E-state index is 5.70. The third-order valence-corrected chi connectivity index (χ3v) is 3.15. The van der Waals surface area contributed by atoms with E-state index in [2.05, 4.69) is 36.3 Å². The van der Waals surface area contributed by atoms with Crippen molar-refractivity contribution in [3.63, 3.8) is 0 Å². The second-order valence-electron chi connectivity index (χ2n) is 2.40. The molecule has 0 saturated carbocycles. The summed E-state index contributed by atoms with van der Waals surface area (Å²) in [7, 11) is 0. The molecule has 3 nitrogen and oxygen atoms in total. The summed E-state index contributed by atoms with van der Waals surface area (Å²) >= 11 is 7.74. The van der Waals surface area contributed by atoms with Crippen molar-refractivity contribution in [1.29, 1.82) is 0 Å². The average molecular weight is 324 g/mol. The van der Waals surface area contributed by atoms with E-state index in [0.29, 0.717) is 5.84 Å². The van der Waals surface area contributed by atoms with E-state index in [-0.39, 0.29) is 0 Å². The van der Waals surface area contributed by atoms with Crippen molar-refractivity contribution in [2.45, 2.75) is 0 Å². The molecule has 1 aromatic rings. The van der Waals surface area contributed by atoms with E-state index >= 15 is 0 Å². The van der Waals surface area contributed by atoms with Gasteiger partial charge in [-0.3, -0.25) is 0 Å². The second-order valence-corrected chi connectivity index (χ2v) is 4.66. The Morgan fingerprint density at radius 1 is 1.38 bits per heavy atom. The average Bonchev–Trinajstić information content (AvgIpc) is 2.02. The highest BCUT2D eigenvalue weighted by Crippen LogP contribution is 2.36. The van der Waals surface area contributed by atoms with Crippen LogP contribution in [-0.2, 0) is 0 Å². The lowest BCUT2D eigenvalue weighted by Crippen LogP contribution is -2.17. The summed E-state index contributed by atoms with van der Waals surface area (Å²) in [6, 6.07) is 3.76. The summed E-state index contributed by atoms with van der Waals surface area (Å²) in [4.78, 5) is 0. The molecule has 1 aromatic carbocycles. The first kappa shape index (κ1) is 9.36. The van der Waals surface area contributed by atoms with Crippen LogP contribution in [0.15, 0.2) is 25.5 Å². The fraction of sp³-hybridized carbons (Fsp3) is 0. The first-order valence-electron chi connectivity index (χ1n) is 3.35. The Labute approximate surface area is 96.3 Å². The Morgan fingerprint density at radius 3 is 2.92 bits per heavy atom. The fourth-order valence-electron chi connectivity index (χ4n) is 1.01. The van der Waals surface area contributed by atoms with Crippen molar-refractivity contribution in [3.8, 4) is 5.75 Å². The SMILES string of the molecule is NC1=NSOc2cc(Br)cc(Br)c21. The Balaban J connectivity index is 2.66. The monoisotopic (exact) mass is 322 g/mol. The van der Waals surface area contributed by atoms with Gasteiger partial charge in [0, 0.05) is 8.95 Å². The number of amidine groups is 1. The largest absolute Gasteiger partial charge is 0.403 e. The molecule has 1 heterocycles. The van der Waals surface area contributed by atoms with Crippen molar-refractivity contribution >= 4 is 49.9 Å². The van der Waals surface area contributed by atoms with Crippen LogP contribution in [0, 0.1) is 0 Å². The zero-order chi connectivity index (χ0) is 9.42. The van der Waals surface area contributed by atoms with Crippen LogP contribution in [0.1, 0.15) is 5.56 Å². The topological polar surface area (TPSA) is 47.6 Å². The van der Waals surface area contributed by atoms with Crippen LogP contribution in [0.3, 0.4) is 0 Å². The summed E-state index contributed by atoms with van der Waals surface area (Å²) in [5.41, 5.74) is 6.51. The third kappa shape index (κ3) is 1.70. The molecule has 0 radical (unpaired) electrons. The van der Waals surface area contributed by atoms with Gasteiger partial charge in [-0.05, 0) is 28.1 Å². The standard InChI is InChI=1S/C7H4Br2N2OS/c8-3-1-4(9)6-5(2-3)12-13-11-7(6)10/h1-2H,(H2,10,11). The third-order valence-electron chi connectivity index (χ3n) is 1.54. The summed E-state index contributed by atoms with van der Waals surface area (Å²) in [6.45, 7) is 0. The van der Waals surface area contributed by atoms with Crippen LogP contribution in [0.25, 0.3) is 0 Å². The van der Waals surface area contributed by atoms with E-state index in [4.69, 9.17) is 9.92 Å². The molecule has 13 heavy (non-hydrogen) atoms. The molecule has 0 spiro atoms. The number of hydrogen-bond acceptors (Lipinski definition) is 4. The Morgan fingerprint density at radius 2 is 2.15 bits per heavy atom. The quantitative estimate of drug-likeness (QED) is 0.590. The van der Waals surface area contributed by atoms with E-state index in [1.54, 1.807) is 0 Å². The van der Waals surface area contributed by atoms with Gasteiger partial charge in [0.05, 0.1) is 5.56 Å². The minimum atomic E-state index is 0.477. The molecule has 0 saturated heterocycles. The molecule has 0 amide bonds. The first-order chi connectivity index (χ1) is 6.18. The predicted molar refractivity (Wildman–Crippen MR) is 60.8 cm³/mol. The van der Waals surface area contributed by atoms with E-state index < -0.39 is 0 Å². The van der Waals surface area contributed by atoms with Gasteiger partial charge in [-0.2, -0.15) is 4.40 Å². The number of benzene rings is 1. The Bertz CT molecular complexity index is 394. The van der Waals surface area contributed by atoms with Crippen LogP contribution in [0.4, 0.5) is 0 Å². The van der Waals surface area contributed by atoms with Gasteiger partial charge in [0.2, 0.25) is 12.2 Å². The number of hydrogen-bond donors (Lipinski definition) is 1. The van der Waals surface area contributed by atoms with Gasteiger partial charge in [-0.1, -0.05) is 15.9 Å². The van der Waals surface area contributed by atoms with E-state index in [9.17, 15) is 0 Å². The van der Waals surface area contributed by atoms with Crippen LogP contribution < -0.4 is 9.92 Å². The molecule has 6 heteroatoms. The number of halogens is 2. The molecular formula is C7H4Br2N2OS. The highest BCUT2D eigenvalue weighted by molar-refractivity contribution is 9.11. The van der Waals surface area contributed by atoms with Gasteiger partial charge < -0.3 is 9.92 Å². The maximum atomic E-state index is 5.70. The molecule has 0 atom stereocenters. The van der Waals surface area contributed by atoms with Crippen molar-refractivity contribution in [3.05, 3.63) is 26.6 Å². The number of nitrogens with zero attached hydrogens (tertiary/aromatic N) is 1. The smallest absolute Gasteiger partial charge is 0.203 e. The van der Waals surface area contributed by atoms with E-state index in [1.165, 1.54) is 0 Å². The number of rotatable bonds is 0. The van der Waals surface area contributed by atoms with E-state index in [0.717, 1.165) is 32.5 Å². The normalized spacial score (nSPS) is 14.5. The van der Waals surface area contributed by atoms with Crippen molar-refractivity contribution in [1.82, 2.24) is 0 Å². The molecule has 0 aromatic heterocycles. The van der Waals surface area contributed by atoms with Gasteiger partial charge in [-0.25, -0.2) is 0 Å². The summed E-state index contributed by atoms with van der Waals surface area (Å²) < 4.78 is 11.0. The van der Waals surface area contributed by atoms with Crippen LogP contribution in [0.5, 0.6) is 5.75 Å². The summed E-state index contributed by atoms with van der Waals surface area (Å²) in [5.74, 6) is 1.20. The molecule has 0 bridgehead atoms. The van der Waals surface area contributed by atoms with Gasteiger partial charge in [-0.15, -0.1) is 0 Å². The molecule has 0 fully saturated rings. The zero-order valence-corrected chi connectivity index (χ0v) is 10.2. The second kappa shape index (κ2) is 3.51. The lowest BCUT2D eigenvalue weighted by Gasteiger charge is -2.14. The van der Waals surface area contributed by atoms with Crippen molar-refractivity contribution < 1.29 is 4.18 Å². The van der Waals surface area contributed by atoms with Crippen LogP contribution >= 0.6 is 44.1 Å². The maximum Gasteiger partial charge on any atom is 0.203 e. The fourth-order valence-corrected chi connectivity index (χ4v) is 2.82. The molecule has 0 aliphatic carbocycles. The molecular weight excluding hydrogens is 320 g/mol. The highest BCUT2D eigenvalue weighted by atomic mass is 79.9. The highest BCUT2D eigenvalue weighted by Gasteiger charge is 2.18. The predicted octanol–water partition coefficient (Wildman–Crippen LogP) is 2.87. The van der Waals surface area contributed by atoms with Crippen LogP contribution in [-0.4, -0.2) is 5.84 Å². The lowest BCUT2D eigenvalue weighted by atomic mass is 10.2.